The van der Waals surface area contributed by atoms with Gasteiger partial charge in [0.15, 0.2) is 0 Å². The highest BCUT2D eigenvalue weighted by molar-refractivity contribution is 8.08. The quantitative estimate of drug-likeness (QED) is 0.410. The molecule has 1 aromatic rings. The van der Waals surface area contributed by atoms with E-state index in [2.05, 4.69) is 0 Å². The summed E-state index contributed by atoms with van der Waals surface area (Å²) in [5, 5.41) is 18.3. The van der Waals surface area contributed by atoms with Crippen LogP contribution in [-0.4, -0.2) is 20.4 Å². The van der Waals surface area contributed by atoms with E-state index in [0.29, 0.717) is 5.69 Å². The lowest BCUT2D eigenvalue weighted by molar-refractivity contribution is 0.228. The number of benzene rings is 1. The summed E-state index contributed by atoms with van der Waals surface area (Å²) in [5.41, 5.74) is 12.1. The molecule has 0 saturated carbocycles. The first-order chi connectivity index (χ1) is 7.99. The number of rotatable bonds is 0. The lowest BCUT2D eigenvalue weighted by Crippen LogP contribution is -2.13. The lowest BCUT2D eigenvalue weighted by atomic mass is 10.1. The van der Waals surface area contributed by atoms with Gasteiger partial charge in [-0.05, 0) is 30.4 Å². The standard InChI is InChI=1S/C6H7NOS.C6H7NO/c7-4-1-2-6(8)5(3-4)9-6;7-5-2-1-3-6(8)4-5/h1-3,5,8H,7H2;1-4,8H,7H2. The molecule has 1 fully saturated rings. The molecule has 17 heavy (non-hydrogen) atoms. The number of thioether (sulfide) groups is 1. The third-order valence-corrected chi connectivity index (χ3v) is 3.66. The second-order valence-electron chi connectivity index (χ2n) is 3.89. The van der Waals surface area contributed by atoms with Crippen LogP contribution in [0.3, 0.4) is 0 Å². The average Bonchev–Trinajstić information content (AvgIpc) is 2.90. The van der Waals surface area contributed by atoms with Gasteiger partial charge >= 0.3 is 0 Å². The molecule has 3 rings (SSSR count). The van der Waals surface area contributed by atoms with Crippen LogP contribution >= 0.6 is 11.8 Å². The summed E-state index contributed by atoms with van der Waals surface area (Å²) in [6.45, 7) is 0. The molecule has 4 nitrogen and oxygen atoms in total. The SMILES string of the molecule is NC1=CC2SC2(O)C=C1.Nc1cccc(O)c1. The maximum Gasteiger partial charge on any atom is 0.145 e. The van der Waals surface area contributed by atoms with Crippen LogP contribution in [0.4, 0.5) is 5.69 Å². The van der Waals surface area contributed by atoms with Gasteiger partial charge in [0, 0.05) is 17.5 Å². The van der Waals surface area contributed by atoms with Gasteiger partial charge in [0.25, 0.3) is 0 Å². The number of aromatic hydroxyl groups is 1. The number of phenols is 1. The van der Waals surface area contributed by atoms with Crippen molar-refractivity contribution in [3.05, 3.63) is 48.2 Å². The second kappa shape index (κ2) is 4.35. The Kier molecular flexibility index (Phi) is 3.04. The maximum atomic E-state index is 9.34. The van der Waals surface area contributed by atoms with Crippen molar-refractivity contribution in [1.29, 1.82) is 0 Å². The molecule has 1 aliphatic heterocycles. The number of aliphatic hydroxyl groups is 1. The Morgan fingerprint density at radius 3 is 2.53 bits per heavy atom. The maximum absolute atomic E-state index is 9.34. The van der Waals surface area contributed by atoms with E-state index in [1.165, 1.54) is 17.8 Å². The summed E-state index contributed by atoms with van der Waals surface area (Å²) < 4.78 is 0. The molecular formula is C12H14N2O2S. The molecule has 5 heteroatoms. The van der Waals surface area contributed by atoms with Gasteiger partial charge < -0.3 is 21.7 Å². The highest BCUT2D eigenvalue weighted by atomic mass is 32.2. The normalized spacial score (nSPS) is 28.5. The minimum Gasteiger partial charge on any atom is -0.508 e. The molecule has 0 aromatic heterocycles. The molecule has 1 aliphatic carbocycles. The Morgan fingerprint density at radius 2 is 2.06 bits per heavy atom. The van der Waals surface area contributed by atoms with Gasteiger partial charge in [0.1, 0.15) is 10.7 Å². The first-order valence-electron chi connectivity index (χ1n) is 5.11. The number of allylic oxidation sites excluding steroid dienone is 1. The molecule has 1 heterocycles. The Bertz CT molecular complexity index is 470. The van der Waals surface area contributed by atoms with Crippen LogP contribution in [0, 0.1) is 0 Å². The van der Waals surface area contributed by atoms with Crippen molar-refractivity contribution in [3.63, 3.8) is 0 Å². The van der Waals surface area contributed by atoms with Gasteiger partial charge in [-0.3, -0.25) is 0 Å². The number of nitrogens with two attached hydrogens (primary N) is 2. The number of hydrogen-bond acceptors (Lipinski definition) is 5. The molecule has 0 amide bonds. The van der Waals surface area contributed by atoms with Gasteiger partial charge in [-0.2, -0.15) is 0 Å². The third kappa shape index (κ3) is 2.95. The van der Waals surface area contributed by atoms with E-state index in [-0.39, 0.29) is 11.0 Å². The molecule has 90 valence electrons. The number of anilines is 1. The van der Waals surface area contributed by atoms with Crippen LogP contribution in [0.15, 0.2) is 48.2 Å². The molecule has 2 aliphatic rings. The Labute approximate surface area is 104 Å². The van der Waals surface area contributed by atoms with Crippen molar-refractivity contribution in [1.82, 2.24) is 0 Å². The third-order valence-electron chi connectivity index (χ3n) is 2.39. The van der Waals surface area contributed by atoms with Gasteiger partial charge in [-0.15, -0.1) is 11.8 Å². The fourth-order valence-electron chi connectivity index (χ4n) is 1.43. The summed E-state index contributed by atoms with van der Waals surface area (Å²) in [6, 6.07) is 6.50. The predicted molar refractivity (Wildman–Crippen MR) is 70.3 cm³/mol. The molecule has 6 N–H and O–H groups in total. The Hall–Kier alpha value is -1.59. The molecule has 2 atom stereocenters. The van der Waals surface area contributed by atoms with Crippen molar-refractivity contribution < 1.29 is 10.2 Å². The summed E-state index contributed by atoms with van der Waals surface area (Å²) in [5.74, 6) is 0.213. The highest BCUT2D eigenvalue weighted by Gasteiger charge is 2.52. The first-order valence-corrected chi connectivity index (χ1v) is 5.99. The van der Waals surface area contributed by atoms with Crippen LogP contribution in [0.2, 0.25) is 0 Å². The summed E-state index contributed by atoms with van der Waals surface area (Å²) in [4.78, 5) is -0.594. The molecule has 1 aromatic carbocycles. The van der Waals surface area contributed by atoms with Crippen molar-refractivity contribution in [2.45, 2.75) is 10.2 Å². The summed E-state index contributed by atoms with van der Waals surface area (Å²) in [7, 11) is 0. The minimum atomic E-state index is -0.594. The monoisotopic (exact) mass is 250 g/mol. The van der Waals surface area contributed by atoms with Crippen molar-refractivity contribution >= 4 is 17.4 Å². The predicted octanol–water partition coefficient (Wildman–Crippen LogP) is 1.18. The van der Waals surface area contributed by atoms with Crippen LogP contribution in [0.25, 0.3) is 0 Å². The van der Waals surface area contributed by atoms with E-state index < -0.39 is 4.93 Å². The second-order valence-corrected chi connectivity index (χ2v) is 5.28. The highest BCUT2D eigenvalue weighted by Crippen LogP contribution is 2.54. The van der Waals surface area contributed by atoms with E-state index in [4.69, 9.17) is 16.6 Å². The van der Waals surface area contributed by atoms with E-state index in [9.17, 15) is 5.11 Å². The van der Waals surface area contributed by atoms with E-state index >= 15 is 0 Å². The van der Waals surface area contributed by atoms with Gasteiger partial charge in [0.05, 0.1) is 5.25 Å². The Balaban J connectivity index is 0.000000128. The lowest BCUT2D eigenvalue weighted by Gasteiger charge is -2.03. The van der Waals surface area contributed by atoms with Crippen LogP contribution in [0.5, 0.6) is 5.75 Å². The average molecular weight is 250 g/mol. The van der Waals surface area contributed by atoms with E-state index in [1.807, 2.05) is 6.08 Å². The number of fused-ring (bicyclic) bond motifs is 1. The molecular weight excluding hydrogens is 236 g/mol. The Morgan fingerprint density at radius 1 is 1.29 bits per heavy atom. The van der Waals surface area contributed by atoms with Gasteiger partial charge in [-0.25, -0.2) is 0 Å². The van der Waals surface area contributed by atoms with Gasteiger partial charge in [-0.1, -0.05) is 6.07 Å². The summed E-state index contributed by atoms with van der Waals surface area (Å²) >= 11 is 1.52. The summed E-state index contributed by atoms with van der Waals surface area (Å²) in [6.07, 6.45) is 5.37. The molecule has 1 saturated heterocycles. The zero-order valence-electron chi connectivity index (χ0n) is 9.08. The smallest absolute Gasteiger partial charge is 0.145 e. The topological polar surface area (TPSA) is 92.5 Å². The number of hydrogen-bond donors (Lipinski definition) is 4. The number of nitrogen functional groups attached to an aromatic ring is 1. The first kappa shape index (κ1) is 11.9. The largest absolute Gasteiger partial charge is 0.508 e. The molecule has 0 spiro atoms. The minimum absolute atomic E-state index is 0.213. The fourth-order valence-corrected chi connectivity index (χ4v) is 2.28. The van der Waals surface area contributed by atoms with Crippen LogP contribution in [-0.2, 0) is 0 Å². The zero-order chi connectivity index (χ0) is 12.5. The van der Waals surface area contributed by atoms with Gasteiger partial charge in [0.2, 0.25) is 0 Å². The molecule has 0 bridgehead atoms. The van der Waals surface area contributed by atoms with Crippen LogP contribution < -0.4 is 11.5 Å². The number of phenolic OH excluding ortho intramolecular Hbond substituents is 1. The fraction of sp³-hybridized carbons (Fsp3) is 0.167. The van der Waals surface area contributed by atoms with Crippen molar-refractivity contribution in [2.24, 2.45) is 5.73 Å². The molecule has 2 unspecified atom stereocenters. The van der Waals surface area contributed by atoms with Crippen LogP contribution in [0.1, 0.15) is 0 Å². The van der Waals surface area contributed by atoms with E-state index in [0.717, 1.165) is 5.70 Å². The zero-order valence-corrected chi connectivity index (χ0v) is 9.89. The molecule has 0 radical (unpaired) electrons. The van der Waals surface area contributed by atoms with E-state index in [1.54, 1.807) is 30.4 Å². The van der Waals surface area contributed by atoms with Crippen molar-refractivity contribution in [3.8, 4) is 5.75 Å². The van der Waals surface area contributed by atoms with Crippen molar-refractivity contribution in [2.75, 3.05) is 5.73 Å².